The van der Waals surface area contributed by atoms with Gasteiger partial charge < -0.3 is 4.74 Å². The van der Waals surface area contributed by atoms with Gasteiger partial charge in [-0.3, -0.25) is 10.1 Å². The first-order valence-electron chi connectivity index (χ1n) is 6.63. The first kappa shape index (κ1) is 15.1. The van der Waals surface area contributed by atoms with Crippen LogP contribution in [-0.2, 0) is 4.74 Å². The van der Waals surface area contributed by atoms with Gasteiger partial charge in [0.1, 0.15) is 5.82 Å². The summed E-state index contributed by atoms with van der Waals surface area (Å²) in [6.45, 7) is 0. The summed E-state index contributed by atoms with van der Waals surface area (Å²) in [4.78, 5) is 28.3. The number of halogens is 1. The topological polar surface area (TPSA) is 68.3 Å². The maximum Gasteiger partial charge on any atom is 0.338 e. The molecule has 1 amide bonds. The zero-order chi connectivity index (χ0) is 16.4. The molecule has 23 heavy (non-hydrogen) atoms. The molecule has 0 saturated heterocycles. The van der Waals surface area contributed by atoms with E-state index in [1.165, 1.54) is 31.4 Å². The van der Waals surface area contributed by atoms with Crippen LogP contribution in [0.2, 0.25) is 0 Å². The number of fused-ring (bicyclic) bond motifs is 1. The summed E-state index contributed by atoms with van der Waals surface area (Å²) in [7, 11) is 1.25. The molecular formula is C16H11FN2O3S. The van der Waals surface area contributed by atoms with Gasteiger partial charge in [0.15, 0.2) is 5.13 Å². The van der Waals surface area contributed by atoms with Gasteiger partial charge in [-0.05, 0) is 30.3 Å². The molecule has 1 aromatic heterocycles. The molecule has 2 aromatic carbocycles. The van der Waals surface area contributed by atoms with Crippen molar-refractivity contribution in [2.24, 2.45) is 0 Å². The van der Waals surface area contributed by atoms with E-state index in [0.717, 1.165) is 11.3 Å². The molecule has 3 rings (SSSR count). The van der Waals surface area contributed by atoms with E-state index in [1.807, 2.05) is 0 Å². The standard InChI is InChI=1S/C16H11FN2O3S/c1-22-15(21)11-5-3-2-4-10(11)14(20)19-16-18-12-7-6-9(17)8-13(12)23-16/h2-8H,1H3,(H,18,19,20). The number of nitrogens with zero attached hydrogens (tertiary/aromatic N) is 1. The van der Waals surface area contributed by atoms with Crippen LogP contribution in [0, 0.1) is 5.82 Å². The number of aromatic nitrogens is 1. The normalized spacial score (nSPS) is 10.5. The van der Waals surface area contributed by atoms with Crippen molar-refractivity contribution in [1.82, 2.24) is 4.98 Å². The summed E-state index contributed by atoms with van der Waals surface area (Å²) in [5, 5.41) is 2.95. The van der Waals surface area contributed by atoms with E-state index in [1.54, 1.807) is 18.2 Å². The fourth-order valence-corrected chi connectivity index (χ4v) is 2.97. The molecule has 0 aliphatic rings. The highest BCUT2D eigenvalue weighted by atomic mass is 32.1. The molecule has 0 fully saturated rings. The summed E-state index contributed by atoms with van der Waals surface area (Å²) < 4.78 is 18.5. The summed E-state index contributed by atoms with van der Waals surface area (Å²) in [6.07, 6.45) is 0. The van der Waals surface area contributed by atoms with Gasteiger partial charge in [-0.1, -0.05) is 23.5 Å². The van der Waals surface area contributed by atoms with E-state index in [0.29, 0.717) is 15.3 Å². The van der Waals surface area contributed by atoms with Crippen molar-refractivity contribution in [3.8, 4) is 0 Å². The van der Waals surface area contributed by atoms with Crippen LogP contribution in [0.25, 0.3) is 10.2 Å². The van der Waals surface area contributed by atoms with Gasteiger partial charge in [0.25, 0.3) is 5.91 Å². The number of amides is 1. The zero-order valence-electron chi connectivity index (χ0n) is 12.0. The molecular weight excluding hydrogens is 319 g/mol. The van der Waals surface area contributed by atoms with Crippen molar-refractivity contribution in [3.05, 3.63) is 59.4 Å². The fourth-order valence-electron chi connectivity index (χ4n) is 2.09. The highest BCUT2D eigenvalue weighted by Gasteiger charge is 2.18. The maximum absolute atomic E-state index is 13.2. The first-order valence-corrected chi connectivity index (χ1v) is 7.45. The quantitative estimate of drug-likeness (QED) is 0.747. The summed E-state index contributed by atoms with van der Waals surface area (Å²) in [5.41, 5.74) is 0.942. The number of hydrogen-bond donors (Lipinski definition) is 1. The molecule has 0 aliphatic carbocycles. The van der Waals surface area contributed by atoms with Crippen LogP contribution in [0.5, 0.6) is 0 Å². The number of anilines is 1. The SMILES string of the molecule is COC(=O)c1ccccc1C(=O)Nc1nc2ccc(F)cc2s1. The van der Waals surface area contributed by atoms with Gasteiger partial charge in [0.05, 0.1) is 28.5 Å². The number of rotatable bonds is 3. The lowest BCUT2D eigenvalue weighted by Crippen LogP contribution is -2.16. The predicted molar refractivity (Wildman–Crippen MR) is 85.3 cm³/mol. The Kier molecular flexibility index (Phi) is 4.03. The van der Waals surface area contributed by atoms with Crippen LogP contribution >= 0.6 is 11.3 Å². The molecule has 0 saturated carbocycles. The van der Waals surface area contributed by atoms with E-state index < -0.39 is 11.9 Å². The number of esters is 1. The van der Waals surface area contributed by atoms with Crippen LogP contribution in [0.15, 0.2) is 42.5 Å². The largest absolute Gasteiger partial charge is 0.465 e. The smallest absolute Gasteiger partial charge is 0.338 e. The lowest BCUT2D eigenvalue weighted by atomic mass is 10.1. The summed E-state index contributed by atoms with van der Waals surface area (Å²) >= 11 is 1.16. The first-order chi connectivity index (χ1) is 11.1. The molecule has 116 valence electrons. The Balaban J connectivity index is 1.90. The number of carbonyl (C=O) groups is 2. The summed E-state index contributed by atoms with van der Waals surface area (Å²) in [6, 6.07) is 10.5. The lowest BCUT2D eigenvalue weighted by molar-refractivity contribution is 0.0597. The molecule has 0 atom stereocenters. The highest BCUT2D eigenvalue weighted by molar-refractivity contribution is 7.22. The van der Waals surface area contributed by atoms with Crippen LogP contribution in [0.3, 0.4) is 0 Å². The van der Waals surface area contributed by atoms with Crippen LogP contribution in [0.4, 0.5) is 9.52 Å². The van der Waals surface area contributed by atoms with Crippen molar-refractivity contribution in [1.29, 1.82) is 0 Å². The third kappa shape index (κ3) is 3.04. The molecule has 1 heterocycles. The van der Waals surface area contributed by atoms with E-state index >= 15 is 0 Å². The Morgan fingerprint density at radius 3 is 2.65 bits per heavy atom. The lowest BCUT2D eigenvalue weighted by Gasteiger charge is -2.06. The fraction of sp³-hybridized carbons (Fsp3) is 0.0625. The number of hydrogen-bond acceptors (Lipinski definition) is 5. The molecule has 1 N–H and O–H groups in total. The van der Waals surface area contributed by atoms with Crippen molar-refractivity contribution in [2.75, 3.05) is 12.4 Å². The molecule has 7 heteroatoms. The van der Waals surface area contributed by atoms with Gasteiger partial charge >= 0.3 is 5.97 Å². The molecule has 0 bridgehead atoms. The Morgan fingerprint density at radius 1 is 1.17 bits per heavy atom. The average Bonchev–Trinajstić information content (AvgIpc) is 2.95. The number of benzene rings is 2. The highest BCUT2D eigenvalue weighted by Crippen LogP contribution is 2.27. The van der Waals surface area contributed by atoms with Gasteiger partial charge in [0, 0.05) is 0 Å². The van der Waals surface area contributed by atoms with E-state index in [-0.39, 0.29) is 16.9 Å². The Hall–Kier alpha value is -2.80. The summed E-state index contributed by atoms with van der Waals surface area (Å²) in [5.74, 6) is -1.44. The number of ether oxygens (including phenoxy) is 1. The minimum absolute atomic E-state index is 0.166. The predicted octanol–water partition coefficient (Wildman–Crippen LogP) is 3.47. The van der Waals surface area contributed by atoms with Crippen LogP contribution < -0.4 is 5.32 Å². The molecule has 0 aliphatic heterocycles. The van der Waals surface area contributed by atoms with Gasteiger partial charge in [-0.25, -0.2) is 14.2 Å². The average molecular weight is 330 g/mol. The van der Waals surface area contributed by atoms with Crippen molar-refractivity contribution in [2.45, 2.75) is 0 Å². The number of nitrogens with one attached hydrogen (secondary N) is 1. The van der Waals surface area contributed by atoms with Gasteiger partial charge in [-0.2, -0.15) is 0 Å². The number of carbonyl (C=O) groups excluding carboxylic acids is 2. The molecule has 3 aromatic rings. The maximum atomic E-state index is 13.2. The second-order valence-electron chi connectivity index (χ2n) is 4.62. The molecule has 0 spiro atoms. The zero-order valence-corrected chi connectivity index (χ0v) is 12.8. The molecule has 0 unspecified atom stereocenters. The van der Waals surface area contributed by atoms with Crippen LogP contribution in [-0.4, -0.2) is 24.0 Å². The monoisotopic (exact) mass is 330 g/mol. The van der Waals surface area contributed by atoms with E-state index in [9.17, 15) is 14.0 Å². The van der Waals surface area contributed by atoms with E-state index in [4.69, 9.17) is 0 Å². The molecule has 5 nitrogen and oxygen atoms in total. The third-order valence-corrected chi connectivity index (χ3v) is 4.08. The third-order valence-electron chi connectivity index (χ3n) is 3.15. The van der Waals surface area contributed by atoms with Crippen molar-refractivity contribution in [3.63, 3.8) is 0 Å². The Labute approximate surface area is 134 Å². The van der Waals surface area contributed by atoms with Crippen molar-refractivity contribution >= 4 is 38.6 Å². The second-order valence-corrected chi connectivity index (χ2v) is 5.65. The Morgan fingerprint density at radius 2 is 1.91 bits per heavy atom. The number of thiazole rings is 1. The van der Waals surface area contributed by atoms with Crippen LogP contribution in [0.1, 0.15) is 20.7 Å². The second kappa shape index (κ2) is 6.13. The van der Waals surface area contributed by atoms with Gasteiger partial charge in [-0.15, -0.1) is 0 Å². The Bertz CT molecular complexity index is 907. The minimum Gasteiger partial charge on any atom is -0.465 e. The minimum atomic E-state index is -0.595. The number of methoxy groups -OCH3 is 1. The van der Waals surface area contributed by atoms with E-state index in [2.05, 4.69) is 15.0 Å². The van der Waals surface area contributed by atoms with Gasteiger partial charge in [0.2, 0.25) is 0 Å². The molecule has 0 radical (unpaired) electrons. The van der Waals surface area contributed by atoms with Crippen molar-refractivity contribution < 1.29 is 18.7 Å².